The van der Waals surface area contributed by atoms with Gasteiger partial charge in [0.25, 0.3) is 5.91 Å². The number of piperidine rings is 1. The maximum Gasteiger partial charge on any atom is 0.314 e. The largest absolute Gasteiger partial charge is 0.466 e. The minimum atomic E-state index is -0.743. The second-order valence-electron chi connectivity index (χ2n) is 7.76. The number of likely N-dealkylation sites (tertiary alicyclic amines) is 1. The highest BCUT2D eigenvalue weighted by Gasteiger charge is 2.44. The van der Waals surface area contributed by atoms with E-state index < -0.39 is 5.41 Å². The molecule has 3 rings (SSSR count). The molecule has 1 fully saturated rings. The molecule has 1 aromatic carbocycles. The van der Waals surface area contributed by atoms with Gasteiger partial charge in [-0.15, -0.1) is 0 Å². The van der Waals surface area contributed by atoms with Gasteiger partial charge in [-0.25, -0.2) is 0 Å². The van der Waals surface area contributed by atoms with Crippen LogP contribution in [0.15, 0.2) is 40.9 Å². The van der Waals surface area contributed by atoms with E-state index in [9.17, 15) is 9.59 Å². The zero-order valence-corrected chi connectivity index (χ0v) is 18.0. The van der Waals surface area contributed by atoms with E-state index in [1.54, 1.807) is 11.8 Å². The lowest BCUT2D eigenvalue weighted by atomic mass is 9.76. The number of carbonyl (C=O) groups excluding carboxylic acids is 2. The highest BCUT2D eigenvalue weighted by molar-refractivity contribution is 5.96. The first-order valence-corrected chi connectivity index (χ1v) is 10.6. The Bertz CT molecular complexity index is 903. The molecule has 1 saturated heterocycles. The molecule has 0 aliphatic carbocycles. The number of benzene rings is 1. The summed E-state index contributed by atoms with van der Waals surface area (Å²) in [7, 11) is 0. The van der Waals surface area contributed by atoms with E-state index in [2.05, 4.69) is 5.16 Å². The lowest BCUT2D eigenvalue weighted by Crippen LogP contribution is -2.50. The number of esters is 1. The Balaban J connectivity index is 1.83. The molecule has 0 N–H and O–H groups in total. The first-order valence-electron chi connectivity index (χ1n) is 10.6. The number of nitrogens with zero attached hydrogens (tertiary/aromatic N) is 2. The van der Waals surface area contributed by atoms with Gasteiger partial charge in [0, 0.05) is 13.1 Å². The zero-order valence-electron chi connectivity index (χ0n) is 18.0. The van der Waals surface area contributed by atoms with Crippen LogP contribution in [0.5, 0.6) is 0 Å². The molecule has 0 radical (unpaired) electrons. The number of rotatable bonds is 7. The Hall–Kier alpha value is -2.89. The van der Waals surface area contributed by atoms with Gasteiger partial charge in [-0.1, -0.05) is 54.6 Å². The van der Waals surface area contributed by atoms with Crippen LogP contribution in [0.4, 0.5) is 0 Å². The molecule has 160 valence electrons. The van der Waals surface area contributed by atoms with Crippen LogP contribution in [0, 0.1) is 12.3 Å². The van der Waals surface area contributed by atoms with Gasteiger partial charge in [-0.05, 0) is 45.1 Å². The minimum absolute atomic E-state index is 0.119. The fourth-order valence-corrected chi connectivity index (χ4v) is 4.08. The number of allylic oxidation sites excluding steroid dienone is 1. The van der Waals surface area contributed by atoms with Crippen molar-refractivity contribution in [1.82, 2.24) is 10.1 Å². The molecule has 6 heteroatoms. The van der Waals surface area contributed by atoms with Crippen molar-refractivity contribution < 1.29 is 18.8 Å². The van der Waals surface area contributed by atoms with Crippen molar-refractivity contribution in [1.29, 1.82) is 0 Å². The van der Waals surface area contributed by atoms with Gasteiger partial charge in [0.05, 0.1) is 17.7 Å². The van der Waals surface area contributed by atoms with Crippen LogP contribution >= 0.6 is 0 Å². The van der Waals surface area contributed by atoms with Crippen LogP contribution in [0.2, 0.25) is 0 Å². The van der Waals surface area contributed by atoms with Crippen molar-refractivity contribution in [2.45, 2.75) is 46.5 Å². The fourth-order valence-electron chi connectivity index (χ4n) is 4.08. The Morgan fingerprint density at radius 1 is 1.27 bits per heavy atom. The lowest BCUT2D eigenvalue weighted by molar-refractivity contribution is -0.158. The number of aromatic nitrogens is 1. The number of aryl methyl sites for hydroxylation is 2. The average Bonchev–Trinajstić information content (AvgIpc) is 3.14. The number of amides is 1. The Morgan fingerprint density at radius 2 is 2.03 bits per heavy atom. The number of ether oxygens (including phenoxy) is 1. The highest BCUT2D eigenvalue weighted by Crippen LogP contribution is 2.37. The maximum absolute atomic E-state index is 13.3. The van der Waals surface area contributed by atoms with Gasteiger partial charge in [-0.3, -0.25) is 9.59 Å². The SMILES string of the molecule is CCOC(=O)C1(C/C=C/c2ccccc2)CCCN(C(=O)c2c(CC)noc2C)C1. The second-order valence-corrected chi connectivity index (χ2v) is 7.76. The molecule has 1 aromatic heterocycles. The smallest absolute Gasteiger partial charge is 0.314 e. The molecule has 0 spiro atoms. The quantitative estimate of drug-likeness (QED) is 0.631. The molecule has 1 atom stereocenters. The number of carbonyl (C=O) groups is 2. The van der Waals surface area contributed by atoms with Crippen molar-refractivity contribution in [2.75, 3.05) is 19.7 Å². The first kappa shape index (κ1) is 21.8. The molecule has 1 unspecified atom stereocenters. The molecule has 0 saturated carbocycles. The van der Waals surface area contributed by atoms with Crippen LogP contribution in [0.1, 0.15) is 60.5 Å². The van der Waals surface area contributed by atoms with Crippen LogP contribution in [0.25, 0.3) is 6.08 Å². The van der Waals surface area contributed by atoms with Gasteiger partial charge >= 0.3 is 5.97 Å². The number of hydrogen-bond acceptors (Lipinski definition) is 5. The lowest BCUT2D eigenvalue weighted by Gasteiger charge is -2.40. The van der Waals surface area contributed by atoms with Crippen LogP contribution < -0.4 is 0 Å². The van der Waals surface area contributed by atoms with Crippen LogP contribution in [-0.2, 0) is 16.0 Å². The van der Waals surface area contributed by atoms with E-state index in [0.29, 0.717) is 56.0 Å². The van der Waals surface area contributed by atoms with Crippen molar-refractivity contribution in [3.8, 4) is 0 Å². The van der Waals surface area contributed by atoms with E-state index >= 15 is 0 Å². The summed E-state index contributed by atoms with van der Waals surface area (Å²) < 4.78 is 10.7. The summed E-state index contributed by atoms with van der Waals surface area (Å²) in [4.78, 5) is 28.0. The molecule has 1 aliphatic rings. The summed E-state index contributed by atoms with van der Waals surface area (Å²) in [6.45, 7) is 6.77. The predicted molar refractivity (Wildman–Crippen MR) is 115 cm³/mol. The van der Waals surface area contributed by atoms with E-state index in [4.69, 9.17) is 9.26 Å². The third-order valence-corrected chi connectivity index (χ3v) is 5.67. The summed E-state index contributed by atoms with van der Waals surface area (Å²) >= 11 is 0. The zero-order chi connectivity index (χ0) is 21.6. The molecular formula is C24H30N2O4. The fraction of sp³-hybridized carbons (Fsp3) is 0.458. The maximum atomic E-state index is 13.3. The van der Waals surface area contributed by atoms with Gasteiger partial charge in [0.15, 0.2) is 0 Å². The first-order chi connectivity index (χ1) is 14.5. The summed E-state index contributed by atoms with van der Waals surface area (Å²) in [6.07, 6.45) is 6.61. The summed E-state index contributed by atoms with van der Waals surface area (Å²) in [5.41, 5.74) is 1.52. The van der Waals surface area contributed by atoms with Crippen molar-refractivity contribution in [3.05, 3.63) is 59.0 Å². The molecule has 2 aromatic rings. The molecule has 6 nitrogen and oxygen atoms in total. The molecule has 1 aliphatic heterocycles. The van der Waals surface area contributed by atoms with Crippen molar-refractivity contribution >= 4 is 18.0 Å². The van der Waals surface area contributed by atoms with Crippen molar-refractivity contribution in [3.63, 3.8) is 0 Å². The standard InChI is InChI=1S/C24H30N2O4/c1-4-20-21(18(3)30-25-20)22(27)26-16-10-15-24(17-26,23(28)29-5-2)14-9-13-19-11-7-6-8-12-19/h6-9,11-13H,4-5,10,14-17H2,1-3H3/b13-9+. The summed E-state index contributed by atoms with van der Waals surface area (Å²) in [6, 6.07) is 9.97. The highest BCUT2D eigenvalue weighted by atomic mass is 16.5. The van der Waals surface area contributed by atoms with Gasteiger partial charge in [0.1, 0.15) is 11.3 Å². The predicted octanol–water partition coefficient (Wildman–Crippen LogP) is 4.43. The molecule has 30 heavy (non-hydrogen) atoms. The molecule has 1 amide bonds. The van der Waals surface area contributed by atoms with Crippen molar-refractivity contribution in [2.24, 2.45) is 5.41 Å². The summed E-state index contributed by atoms with van der Waals surface area (Å²) in [5.74, 6) is 0.164. The van der Waals surface area contributed by atoms with Gasteiger partial charge in [-0.2, -0.15) is 0 Å². The third kappa shape index (κ3) is 4.64. The summed E-state index contributed by atoms with van der Waals surface area (Å²) in [5, 5.41) is 4.01. The molecule has 2 heterocycles. The van der Waals surface area contributed by atoms with Crippen LogP contribution in [-0.4, -0.2) is 41.6 Å². The number of hydrogen-bond donors (Lipinski definition) is 0. The third-order valence-electron chi connectivity index (χ3n) is 5.67. The topological polar surface area (TPSA) is 72.6 Å². The van der Waals surface area contributed by atoms with Crippen LogP contribution in [0.3, 0.4) is 0 Å². The van der Waals surface area contributed by atoms with E-state index in [0.717, 1.165) is 12.0 Å². The molecule has 0 bridgehead atoms. The van der Waals surface area contributed by atoms with E-state index in [1.165, 1.54) is 0 Å². The van der Waals surface area contributed by atoms with Gasteiger partial charge < -0.3 is 14.2 Å². The average molecular weight is 411 g/mol. The monoisotopic (exact) mass is 410 g/mol. The normalized spacial score (nSPS) is 19.2. The van der Waals surface area contributed by atoms with E-state index in [-0.39, 0.29) is 11.9 Å². The second kappa shape index (κ2) is 9.74. The van der Waals surface area contributed by atoms with E-state index in [1.807, 2.05) is 56.3 Å². The minimum Gasteiger partial charge on any atom is -0.466 e. The Labute approximate surface area is 177 Å². The Kier molecular flexibility index (Phi) is 7.08. The van der Waals surface area contributed by atoms with Gasteiger partial charge in [0.2, 0.25) is 0 Å². The Morgan fingerprint density at radius 3 is 2.73 bits per heavy atom. The molecular weight excluding hydrogens is 380 g/mol.